The number of likely N-dealkylation sites (tertiary alicyclic amines) is 1. The van der Waals surface area contributed by atoms with Crippen molar-refractivity contribution in [3.8, 4) is 0 Å². The van der Waals surface area contributed by atoms with Gasteiger partial charge in [0, 0.05) is 58.0 Å². The van der Waals surface area contributed by atoms with Crippen LogP contribution in [0.4, 0.5) is 0 Å². The van der Waals surface area contributed by atoms with Gasteiger partial charge in [-0.3, -0.25) is 19.2 Å². The molecule has 5 atom stereocenters. The van der Waals surface area contributed by atoms with Gasteiger partial charge in [0.2, 0.25) is 17.7 Å². The molecule has 316 valence electrons. The van der Waals surface area contributed by atoms with E-state index in [1.54, 1.807) is 71.3 Å². The number of aliphatic hydroxyl groups is 1. The van der Waals surface area contributed by atoms with Gasteiger partial charge in [0.05, 0.1) is 18.2 Å². The molecular formula is C44H65N3O10. The Morgan fingerprint density at radius 3 is 2.35 bits per heavy atom. The molecule has 57 heavy (non-hydrogen) atoms. The van der Waals surface area contributed by atoms with Crippen LogP contribution in [0.1, 0.15) is 134 Å². The zero-order valence-electron chi connectivity index (χ0n) is 35.1. The van der Waals surface area contributed by atoms with E-state index in [1.165, 1.54) is 15.9 Å². The van der Waals surface area contributed by atoms with Gasteiger partial charge < -0.3 is 39.2 Å². The summed E-state index contributed by atoms with van der Waals surface area (Å²) in [5, 5.41) is 12.9. The number of amides is 3. The van der Waals surface area contributed by atoms with Crippen LogP contribution in [0.3, 0.4) is 0 Å². The Bertz CT molecular complexity index is 1600. The largest absolute Gasteiger partial charge is 0.460 e. The second-order valence-electron chi connectivity index (χ2n) is 16.7. The highest BCUT2D eigenvalue weighted by Crippen LogP contribution is 2.43. The maximum Gasteiger partial charge on any atom is 0.339 e. The lowest BCUT2D eigenvalue weighted by atomic mass is 9.91. The van der Waals surface area contributed by atoms with Crippen molar-refractivity contribution in [1.82, 2.24) is 15.1 Å². The number of nitrogens with one attached hydrogen (secondary N) is 1. The predicted molar refractivity (Wildman–Crippen MR) is 216 cm³/mol. The number of benzene rings is 1. The summed E-state index contributed by atoms with van der Waals surface area (Å²) in [6.07, 6.45) is 11.0. The number of carbonyl (C=O) groups is 5. The number of esters is 2. The Morgan fingerprint density at radius 1 is 1.04 bits per heavy atom. The van der Waals surface area contributed by atoms with Crippen LogP contribution in [0.5, 0.6) is 0 Å². The van der Waals surface area contributed by atoms with E-state index in [0.29, 0.717) is 43.4 Å². The molecule has 1 aliphatic carbocycles. The minimum Gasteiger partial charge on any atom is -0.460 e. The molecule has 2 fully saturated rings. The average molecular weight is 796 g/mol. The highest BCUT2D eigenvalue weighted by atomic mass is 16.8. The Hall–Kier alpha value is -4.07. The number of aliphatic hydroxyl groups excluding tert-OH is 1. The number of unbranched alkanes of at least 4 members (excludes halogenated alkanes) is 4. The van der Waals surface area contributed by atoms with E-state index in [-0.39, 0.29) is 43.2 Å². The van der Waals surface area contributed by atoms with E-state index < -0.39 is 59.6 Å². The van der Waals surface area contributed by atoms with Gasteiger partial charge in [-0.15, -0.1) is 0 Å². The number of hydrogen-bond acceptors (Lipinski definition) is 10. The number of rotatable bonds is 19. The Labute approximate surface area is 338 Å². The first-order valence-electron chi connectivity index (χ1n) is 20.8. The number of likely N-dealkylation sites (N-methyl/N-ethyl adjacent to an activating group) is 1. The molecule has 2 saturated heterocycles. The highest BCUT2D eigenvalue weighted by Gasteiger charge is 2.53. The summed E-state index contributed by atoms with van der Waals surface area (Å²) in [6, 6.07) is 5.37. The van der Waals surface area contributed by atoms with Crippen LogP contribution in [0.2, 0.25) is 0 Å². The monoisotopic (exact) mass is 795 g/mol. The third-order valence-electron chi connectivity index (χ3n) is 10.6. The number of ether oxygens (including phenoxy) is 4. The standard InChI is InChI=1S/C44H65N3O10/c1-8-10-14-24-44(25-15-11-9-2)55-36-28-31(27-35(39(36)57-44)54-42(53)33-18-13-12-17-30(33)20-22-37(49)46(6)7)41(52)47-26-16-19-34(47)40(51)45-32(29-48)21-23-38(50)56-43(3,4)5/h12-13,17-18,20,22,28,32,34-36,39,48H,8-11,14-16,19,21,23-27,29H2,1-7H3,(H,45,51). The summed E-state index contributed by atoms with van der Waals surface area (Å²) in [5.41, 5.74) is 0.481. The molecule has 0 spiro atoms. The third-order valence-corrected chi connectivity index (χ3v) is 10.6. The lowest BCUT2D eigenvalue weighted by Crippen LogP contribution is -2.51. The lowest BCUT2D eigenvalue weighted by Gasteiger charge is -2.33. The molecule has 1 aromatic carbocycles. The number of nitrogens with zero attached hydrogens (tertiary/aromatic N) is 2. The normalized spacial score (nSPS) is 22.1. The molecule has 1 aromatic rings. The van der Waals surface area contributed by atoms with Gasteiger partial charge >= 0.3 is 11.9 Å². The van der Waals surface area contributed by atoms with Crippen molar-refractivity contribution in [2.45, 2.75) is 160 Å². The van der Waals surface area contributed by atoms with Crippen LogP contribution in [0.15, 0.2) is 42.0 Å². The highest BCUT2D eigenvalue weighted by molar-refractivity contribution is 5.99. The van der Waals surface area contributed by atoms with Gasteiger partial charge in [-0.2, -0.15) is 0 Å². The molecule has 2 N–H and O–H groups in total. The van der Waals surface area contributed by atoms with Crippen molar-refractivity contribution in [1.29, 1.82) is 0 Å². The molecule has 0 saturated carbocycles. The maximum atomic E-state index is 14.4. The van der Waals surface area contributed by atoms with Crippen LogP contribution in [0.25, 0.3) is 6.08 Å². The van der Waals surface area contributed by atoms with E-state index in [1.807, 2.05) is 0 Å². The van der Waals surface area contributed by atoms with Gasteiger partial charge in [0.15, 0.2) is 5.79 Å². The minimum absolute atomic E-state index is 0.0149. The van der Waals surface area contributed by atoms with Crippen molar-refractivity contribution in [2.24, 2.45) is 0 Å². The van der Waals surface area contributed by atoms with Gasteiger partial charge in [0.1, 0.15) is 30.0 Å². The zero-order chi connectivity index (χ0) is 41.8. The molecule has 4 rings (SSSR count). The SMILES string of the molecule is CCCCCC1(CCCCC)OC2C=C(C(=O)N3CCCC3C(=O)NC(CO)CCC(=O)OC(C)(C)C)CC(OC(=O)c3ccccc3C=CC(=O)N(C)C)C2O1. The van der Waals surface area contributed by atoms with E-state index in [2.05, 4.69) is 19.2 Å². The second-order valence-corrected chi connectivity index (χ2v) is 16.7. The van der Waals surface area contributed by atoms with Crippen molar-refractivity contribution < 1.29 is 48.0 Å². The molecule has 2 aliphatic heterocycles. The molecule has 0 aromatic heterocycles. The topological polar surface area (TPSA) is 161 Å². The minimum atomic E-state index is -0.902. The van der Waals surface area contributed by atoms with E-state index in [9.17, 15) is 29.1 Å². The molecule has 13 nitrogen and oxygen atoms in total. The van der Waals surface area contributed by atoms with Crippen LogP contribution < -0.4 is 5.32 Å². The first-order chi connectivity index (χ1) is 27.1. The summed E-state index contributed by atoms with van der Waals surface area (Å²) >= 11 is 0. The van der Waals surface area contributed by atoms with Gasteiger partial charge in [-0.05, 0) is 76.7 Å². The van der Waals surface area contributed by atoms with Gasteiger partial charge in [-0.1, -0.05) is 57.7 Å². The molecule has 5 unspecified atom stereocenters. The average Bonchev–Trinajstić information content (AvgIpc) is 3.80. The van der Waals surface area contributed by atoms with Gasteiger partial charge in [-0.25, -0.2) is 4.79 Å². The van der Waals surface area contributed by atoms with Crippen molar-refractivity contribution in [2.75, 3.05) is 27.2 Å². The quantitative estimate of drug-likeness (QED) is 0.0985. The Balaban J connectivity index is 1.59. The van der Waals surface area contributed by atoms with Crippen molar-refractivity contribution in [3.63, 3.8) is 0 Å². The summed E-state index contributed by atoms with van der Waals surface area (Å²) in [5.74, 6) is -2.95. The fraction of sp³-hybridized carbons (Fsp3) is 0.659. The van der Waals surface area contributed by atoms with E-state index in [4.69, 9.17) is 18.9 Å². The Morgan fingerprint density at radius 2 is 1.72 bits per heavy atom. The number of fused-ring (bicyclic) bond motifs is 1. The van der Waals surface area contributed by atoms with Crippen LogP contribution in [-0.4, -0.2) is 114 Å². The van der Waals surface area contributed by atoms with Crippen LogP contribution >= 0.6 is 0 Å². The van der Waals surface area contributed by atoms with Crippen LogP contribution in [0, 0.1) is 0 Å². The van der Waals surface area contributed by atoms with Crippen molar-refractivity contribution in [3.05, 3.63) is 53.1 Å². The first-order valence-corrected chi connectivity index (χ1v) is 20.8. The number of hydrogen-bond donors (Lipinski definition) is 2. The molecule has 2 heterocycles. The summed E-state index contributed by atoms with van der Waals surface area (Å²) in [6.45, 7) is 9.56. The lowest BCUT2D eigenvalue weighted by molar-refractivity contribution is -0.190. The smallest absolute Gasteiger partial charge is 0.339 e. The predicted octanol–water partition coefficient (Wildman–Crippen LogP) is 5.87. The van der Waals surface area contributed by atoms with E-state index in [0.717, 1.165) is 38.5 Å². The maximum absolute atomic E-state index is 14.4. The molecule has 3 aliphatic rings. The molecular weight excluding hydrogens is 730 g/mol. The summed E-state index contributed by atoms with van der Waals surface area (Å²) < 4.78 is 25.2. The van der Waals surface area contributed by atoms with E-state index >= 15 is 0 Å². The third kappa shape index (κ3) is 13.0. The number of carbonyl (C=O) groups excluding carboxylic acids is 5. The molecule has 0 bridgehead atoms. The van der Waals surface area contributed by atoms with Crippen molar-refractivity contribution >= 4 is 35.7 Å². The molecule has 3 amide bonds. The summed E-state index contributed by atoms with van der Waals surface area (Å²) in [4.78, 5) is 69.7. The molecule has 13 heteroatoms. The molecule has 0 radical (unpaired) electrons. The zero-order valence-corrected chi connectivity index (χ0v) is 35.1. The van der Waals surface area contributed by atoms with Crippen LogP contribution in [-0.2, 0) is 38.1 Å². The Kier molecular flexibility index (Phi) is 16.9. The first kappa shape index (κ1) is 45.6. The fourth-order valence-electron chi connectivity index (χ4n) is 7.59. The fourth-order valence-corrected chi connectivity index (χ4v) is 7.59. The summed E-state index contributed by atoms with van der Waals surface area (Å²) in [7, 11) is 3.29. The van der Waals surface area contributed by atoms with Gasteiger partial charge in [0.25, 0.3) is 0 Å². The second kappa shape index (κ2) is 21.1.